The Morgan fingerprint density at radius 3 is 1.97 bits per heavy atom. The molecular formula is C29H42O5. The number of hydrogen-bond donors (Lipinski definition) is 0. The predicted octanol–water partition coefficient (Wildman–Crippen LogP) is 7.22. The normalized spacial score (nSPS) is 10.7. The molecule has 5 heteroatoms. The maximum atomic E-state index is 13.5. The molecule has 0 aliphatic rings. The minimum Gasteiger partial charge on any atom is -0.493 e. The van der Waals surface area contributed by atoms with Crippen molar-refractivity contribution in [2.45, 2.75) is 79.6 Å². The van der Waals surface area contributed by atoms with Gasteiger partial charge in [0.05, 0.1) is 32.0 Å². The van der Waals surface area contributed by atoms with E-state index in [-0.39, 0.29) is 5.78 Å². The number of carbonyl (C=O) groups is 1. The molecule has 0 heterocycles. The first kappa shape index (κ1) is 27.6. The number of ketones is 1. The third-order valence-electron chi connectivity index (χ3n) is 5.33. The Balaban J connectivity index is 2.35. The molecule has 34 heavy (non-hydrogen) atoms. The monoisotopic (exact) mass is 470 g/mol. The molecule has 0 atom stereocenters. The Labute approximate surface area is 205 Å². The highest BCUT2D eigenvalue weighted by Crippen LogP contribution is 2.38. The molecule has 0 bridgehead atoms. The molecule has 0 unspecified atom stereocenters. The summed E-state index contributed by atoms with van der Waals surface area (Å²) in [4.78, 5) is 13.5. The van der Waals surface area contributed by atoms with Crippen LogP contribution in [-0.2, 0) is 12.8 Å². The third-order valence-corrected chi connectivity index (χ3v) is 5.33. The largest absolute Gasteiger partial charge is 0.493 e. The first-order valence-corrected chi connectivity index (χ1v) is 12.9. The van der Waals surface area contributed by atoms with E-state index in [0.717, 1.165) is 43.4 Å². The summed E-state index contributed by atoms with van der Waals surface area (Å²) in [6, 6.07) is 9.93. The van der Waals surface area contributed by atoms with E-state index in [1.807, 2.05) is 19.1 Å². The Bertz CT molecular complexity index is 890. The Kier molecular flexibility index (Phi) is 12.4. The van der Waals surface area contributed by atoms with E-state index in [9.17, 15) is 4.79 Å². The molecule has 0 saturated heterocycles. The van der Waals surface area contributed by atoms with Crippen molar-refractivity contribution >= 4 is 5.78 Å². The predicted molar refractivity (Wildman–Crippen MR) is 138 cm³/mol. The maximum Gasteiger partial charge on any atom is 0.172 e. The smallest absolute Gasteiger partial charge is 0.172 e. The highest BCUT2D eigenvalue weighted by molar-refractivity contribution is 6.00. The summed E-state index contributed by atoms with van der Waals surface area (Å²) in [5.74, 6) is 2.61. The van der Waals surface area contributed by atoms with Crippen molar-refractivity contribution < 1.29 is 23.7 Å². The SMILES string of the molecule is CCCOc1cc(OCCC)c(OCCC)c(C(=O)CCc2cc(CC)ccc2OCCC)c1. The summed E-state index contributed by atoms with van der Waals surface area (Å²) in [5, 5.41) is 0. The molecular weight excluding hydrogens is 428 g/mol. The topological polar surface area (TPSA) is 54.0 Å². The Hall–Kier alpha value is -2.69. The van der Waals surface area contributed by atoms with E-state index in [2.05, 4.69) is 39.8 Å². The summed E-state index contributed by atoms with van der Waals surface area (Å²) < 4.78 is 23.8. The summed E-state index contributed by atoms with van der Waals surface area (Å²) in [6.45, 7) is 12.7. The zero-order chi connectivity index (χ0) is 24.8. The number of ether oxygens (including phenoxy) is 4. The van der Waals surface area contributed by atoms with Crippen molar-refractivity contribution in [2.75, 3.05) is 26.4 Å². The molecule has 0 aromatic heterocycles. The van der Waals surface area contributed by atoms with Crippen molar-refractivity contribution in [3.63, 3.8) is 0 Å². The average Bonchev–Trinajstić information content (AvgIpc) is 2.87. The minimum absolute atomic E-state index is 0.0118. The lowest BCUT2D eigenvalue weighted by Crippen LogP contribution is -2.10. The summed E-state index contributed by atoms with van der Waals surface area (Å²) in [7, 11) is 0. The number of benzene rings is 2. The van der Waals surface area contributed by atoms with E-state index in [1.165, 1.54) is 5.56 Å². The van der Waals surface area contributed by atoms with Crippen LogP contribution in [0.2, 0.25) is 0 Å². The van der Waals surface area contributed by atoms with Crippen LogP contribution in [0.1, 0.15) is 88.2 Å². The lowest BCUT2D eigenvalue weighted by Gasteiger charge is -2.18. The second-order valence-corrected chi connectivity index (χ2v) is 8.41. The Morgan fingerprint density at radius 1 is 0.706 bits per heavy atom. The molecule has 0 radical (unpaired) electrons. The standard InChI is InChI=1S/C29H42O5/c1-6-15-31-24-20-25(29(34-18-9-4)28(21-24)33-17-8-3)26(30)13-12-23-19-22(10-5)11-14-27(23)32-16-7-2/h11,14,19-21H,6-10,12-13,15-18H2,1-5H3. The molecule has 2 aromatic rings. The van der Waals surface area contributed by atoms with E-state index in [4.69, 9.17) is 18.9 Å². The fraction of sp³-hybridized carbons (Fsp3) is 0.552. The highest BCUT2D eigenvalue weighted by atomic mass is 16.5. The van der Waals surface area contributed by atoms with Gasteiger partial charge in [-0.05, 0) is 61.8 Å². The van der Waals surface area contributed by atoms with E-state index in [0.29, 0.717) is 62.1 Å². The van der Waals surface area contributed by atoms with E-state index >= 15 is 0 Å². The zero-order valence-corrected chi connectivity index (χ0v) is 21.7. The van der Waals surface area contributed by atoms with Gasteiger partial charge in [0.15, 0.2) is 17.3 Å². The van der Waals surface area contributed by atoms with Crippen LogP contribution in [0.5, 0.6) is 23.0 Å². The van der Waals surface area contributed by atoms with Gasteiger partial charge in [-0.25, -0.2) is 0 Å². The second kappa shape index (κ2) is 15.3. The molecule has 2 rings (SSSR count). The van der Waals surface area contributed by atoms with Crippen LogP contribution < -0.4 is 18.9 Å². The second-order valence-electron chi connectivity index (χ2n) is 8.41. The van der Waals surface area contributed by atoms with Crippen LogP contribution in [0.15, 0.2) is 30.3 Å². The van der Waals surface area contributed by atoms with Gasteiger partial charge in [-0.3, -0.25) is 4.79 Å². The Morgan fingerprint density at radius 2 is 1.32 bits per heavy atom. The molecule has 0 amide bonds. The fourth-order valence-corrected chi connectivity index (χ4v) is 3.54. The number of carbonyl (C=O) groups excluding carboxylic acids is 1. The quantitative estimate of drug-likeness (QED) is 0.228. The number of rotatable bonds is 17. The molecule has 2 aromatic carbocycles. The van der Waals surface area contributed by atoms with Crippen molar-refractivity contribution in [3.05, 3.63) is 47.0 Å². The van der Waals surface area contributed by atoms with Gasteiger partial charge in [0.2, 0.25) is 0 Å². The van der Waals surface area contributed by atoms with Crippen molar-refractivity contribution in [1.82, 2.24) is 0 Å². The molecule has 0 saturated carbocycles. The molecule has 0 spiro atoms. The van der Waals surface area contributed by atoms with Crippen molar-refractivity contribution in [1.29, 1.82) is 0 Å². The van der Waals surface area contributed by atoms with Gasteiger partial charge in [0.1, 0.15) is 11.5 Å². The van der Waals surface area contributed by atoms with E-state index in [1.54, 1.807) is 6.07 Å². The molecule has 0 aliphatic carbocycles. The third kappa shape index (κ3) is 8.27. The van der Waals surface area contributed by atoms with Gasteiger partial charge >= 0.3 is 0 Å². The lowest BCUT2D eigenvalue weighted by molar-refractivity contribution is 0.0977. The van der Waals surface area contributed by atoms with Crippen LogP contribution in [-0.4, -0.2) is 32.2 Å². The van der Waals surface area contributed by atoms with Gasteiger partial charge in [-0.1, -0.05) is 46.8 Å². The van der Waals surface area contributed by atoms with Crippen LogP contribution >= 0.6 is 0 Å². The van der Waals surface area contributed by atoms with Gasteiger partial charge in [0, 0.05) is 12.5 Å². The molecule has 5 nitrogen and oxygen atoms in total. The number of Topliss-reactive ketones (excluding diaryl/α,β-unsaturated/α-hetero) is 1. The maximum absolute atomic E-state index is 13.5. The van der Waals surface area contributed by atoms with Gasteiger partial charge < -0.3 is 18.9 Å². The molecule has 0 N–H and O–H groups in total. The first-order valence-electron chi connectivity index (χ1n) is 12.9. The average molecular weight is 471 g/mol. The molecule has 0 aliphatic heterocycles. The number of hydrogen-bond acceptors (Lipinski definition) is 5. The van der Waals surface area contributed by atoms with Crippen molar-refractivity contribution in [2.24, 2.45) is 0 Å². The summed E-state index contributed by atoms with van der Waals surface area (Å²) in [5.41, 5.74) is 2.83. The fourth-order valence-electron chi connectivity index (χ4n) is 3.54. The van der Waals surface area contributed by atoms with Crippen molar-refractivity contribution in [3.8, 4) is 23.0 Å². The van der Waals surface area contributed by atoms with Crippen LogP contribution in [0, 0.1) is 0 Å². The zero-order valence-electron chi connectivity index (χ0n) is 21.7. The first-order chi connectivity index (χ1) is 16.6. The molecule has 188 valence electrons. The minimum atomic E-state index is 0.0118. The number of aryl methyl sites for hydroxylation is 2. The highest BCUT2D eigenvalue weighted by Gasteiger charge is 2.21. The molecule has 0 fully saturated rings. The van der Waals surface area contributed by atoms with E-state index < -0.39 is 0 Å². The van der Waals surface area contributed by atoms with Crippen LogP contribution in [0.4, 0.5) is 0 Å². The van der Waals surface area contributed by atoms with Gasteiger partial charge in [0.25, 0.3) is 0 Å². The van der Waals surface area contributed by atoms with Gasteiger partial charge in [-0.2, -0.15) is 0 Å². The summed E-state index contributed by atoms with van der Waals surface area (Å²) in [6.07, 6.45) is 5.43. The van der Waals surface area contributed by atoms with Crippen LogP contribution in [0.25, 0.3) is 0 Å². The van der Waals surface area contributed by atoms with Crippen LogP contribution in [0.3, 0.4) is 0 Å². The summed E-state index contributed by atoms with van der Waals surface area (Å²) >= 11 is 0. The lowest BCUT2D eigenvalue weighted by atomic mass is 9.99. The van der Waals surface area contributed by atoms with Gasteiger partial charge in [-0.15, -0.1) is 0 Å².